The highest BCUT2D eigenvalue weighted by molar-refractivity contribution is 7.08. The van der Waals surface area contributed by atoms with E-state index in [1.807, 2.05) is 20.8 Å². The molecule has 3 N–H and O–H groups in total. The van der Waals surface area contributed by atoms with Crippen LogP contribution in [-0.2, 0) is 5.41 Å². The Morgan fingerprint density at radius 3 is 2.85 bits per heavy atom. The van der Waals surface area contributed by atoms with E-state index in [0.29, 0.717) is 23.5 Å². The third-order valence-electron chi connectivity index (χ3n) is 3.36. The Labute approximate surface area is 121 Å². The van der Waals surface area contributed by atoms with Crippen LogP contribution in [0.4, 0.5) is 0 Å². The summed E-state index contributed by atoms with van der Waals surface area (Å²) in [6.45, 7) is 6.57. The van der Waals surface area contributed by atoms with Crippen molar-refractivity contribution in [3.8, 4) is 0 Å². The number of hydrogen-bond acceptors (Lipinski definition) is 6. The third-order valence-corrected chi connectivity index (χ3v) is 4.08. The molecule has 20 heavy (non-hydrogen) atoms. The number of carbonyl (C=O) groups is 1. The quantitative estimate of drug-likeness (QED) is 0.369. The predicted molar refractivity (Wildman–Crippen MR) is 76.1 cm³/mol. The molecule has 110 valence electrons. The van der Waals surface area contributed by atoms with E-state index in [9.17, 15) is 4.79 Å². The Morgan fingerprint density at radius 1 is 1.55 bits per heavy atom. The molecule has 0 bridgehead atoms. The van der Waals surface area contributed by atoms with E-state index in [0.717, 1.165) is 18.0 Å². The van der Waals surface area contributed by atoms with Gasteiger partial charge in [0, 0.05) is 12.0 Å². The van der Waals surface area contributed by atoms with Crippen LogP contribution in [0.5, 0.6) is 0 Å². The van der Waals surface area contributed by atoms with Crippen LogP contribution in [0.1, 0.15) is 49.0 Å². The second-order valence-corrected chi connectivity index (χ2v) is 6.64. The van der Waals surface area contributed by atoms with Crippen molar-refractivity contribution in [2.24, 2.45) is 10.9 Å². The molecule has 0 aliphatic carbocycles. The van der Waals surface area contributed by atoms with Crippen LogP contribution in [-0.4, -0.2) is 44.0 Å². The van der Waals surface area contributed by atoms with Crippen molar-refractivity contribution in [3.05, 3.63) is 10.6 Å². The molecule has 0 aromatic carbocycles. The Bertz CT molecular complexity index is 534. The number of nitrogens with zero attached hydrogens (tertiary/aromatic N) is 4. The van der Waals surface area contributed by atoms with Gasteiger partial charge in [-0.3, -0.25) is 4.79 Å². The molecule has 0 saturated carbocycles. The highest BCUT2D eigenvalue weighted by Gasteiger charge is 2.36. The molecule has 1 amide bonds. The van der Waals surface area contributed by atoms with Gasteiger partial charge in [-0.2, -0.15) is 0 Å². The summed E-state index contributed by atoms with van der Waals surface area (Å²) in [6.07, 6.45) is 1.54. The molecule has 1 unspecified atom stereocenters. The summed E-state index contributed by atoms with van der Waals surface area (Å²) in [4.78, 5) is 14.8. The summed E-state index contributed by atoms with van der Waals surface area (Å²) < 4.78 is 3.90. The van der Waals surface area contributed by atoms with Crippen LogP contribution in [0.15, 0.2) is 5.16 Å². The number of oxime groups is 1. The molecule has 1 aliphatic rings. The van der Waals surface area contributed by atoms with Crippen LogP contribution in [0.2, 0.25) is 0 Å². The molecular weight excluding hydrogens is 278 g/mol. The highest BCUT2D eigenvalue weighted by Crippen LogP contribution is 2.29. The largest absolute Gasteiger partial charge is 0.409 e. The predicted octanol–water partition coefficient (Wildman–Crippen LogP) is 1.19. The zero-order valence-electron chi connectivity index (χ0n) is 11.8. The summed E-state index contributed by atoms with van der Waals surface area (Å²) in [5, 5.41) is 15.9. The van der Waals surface area contributed by atoms with E-state index >= 15 is 0 Å². The molecule has 7 nitrogen and oxygen atoms in total. The van der Waals surface area contributed by atoms with E-state index < -0.39 is 0 Å². The van der Waals surface area contributed by atoms with Gasteiger partial charge in [-0.25, -0.2) is 0 Å². The summed E-state index contributed by atoms with van der Waals surface area (Å²) in [6, 6.07) is -0.345. The van der Waals surface area contributed by atoms with Gasteiger partial charge in [0.25, 0.3) is 5.91 Å². The topological polar surface area (TPSA) is 105 Å². The number of carbonyl (C=O) groups excluding carboxylic acids is 1. The summed E-state index contributed by atoms with van der Waals surface area (Å²) in [7, 11) is 0. The van der Waals surface area contributed by atoms with Crippen molar-refractivity contribution < 1.29 is 10.0 Å². The van der Waals surface area contributed by atoms with Crippen LogP contribution in [0.25, 0.3) is 0 Å². The molecule has 8 heteroatoms. The van der Waals surface area contributed by atoms with E-state index in [-0.39, 0.29) is 23.2 Å². The molecule has 2 rings (SSSR count). The molecule has 1 aliphatic heterocycles. The fourth-order valence-electron chi connectivity index (χ4n) is 2.34. The van der Waals surface area contributed by atoms with E-state index in [2.05, 4.69) is 14.7 Å². The fourth-order valence-corrected chi connectivity index (χ4v) is 3.17. The Hall–Kier alpha value is -1.70. The number of likely N-dealkylation sites (tertiary alicyclic amines) is 1. The van der Waals surface area contributed by atoms with Gasteiger partial charge in [0.2, 0.25) is 0 Å². The van der Waals surface area contributed by atoms with Gasteiger partial charge in [-0.15, -0.1) is 5.10 Å². The van der Waals surface area contributed by atoms with E-state index in [1.54, 1.807) is 4.90 Å². The number of nitrogens with two attached hydrogens (primary N) is 1. The second-order valence-electron chi connectivity index (χ2n) is 5.88. The number of amidine groups is 1. The summed E-state index contributed by atoms with van der Waals surface area (Å²) in [5.74, 6) is -0.0651. The van der Waals surface area contributed by atoms with Gasteiger partial charge in [-0.05, 0) is 24.4 Å². The third kappa shape index (κ3) is 2.60. The van der Waals surface area contributed by atoms with Crippen LogP contribution < -0.4 is 5.73 Å². The van der Waals surface area contributed by atoms with Crippen LogP contribution in [0, 0.1) is 0 Å². The van der Waals surface area contributed by atoms with Crippen LogP contribution >= 0.6 is 11.5 Å². The minimum absolute atomic E-state index is 0.0747. The molecule has 2 heterocycles. The first kappa shape index (κ1) is 14.7. The molecule has 1 atom stereocenters. The molecule has 0 spiro atoms. The molecular formula is C12H19N5O2S. The highest BCUT2D eigenvalue weighted by atomic mass is 32.1. The van der Waals surface area contributed by atoms with Crippen molar-refractivity contribution in [3.63, 3.8) is 0 Å². The monoisotopic (exact) mass is 297 g/mol. The van der Waals surface area contributed by atoms with Gasteiger partial charge in [0.15, 0.2) is 5.84 Å². The van der Waals surface area contributed by atoms with Crippen molar-refractivity contribution in [1.82, 2.24) is 14.5 Å². The molecule has 1 fully saturated rings. The van der Waals surface area contributed by atoms with Crippen molar-refractivity contribution in [1.29, 1.82) is 0 Å². The number of aromatic nitrogens is 2. The first-order valence-electron chi connectivity index (χ1n) is 6.47. The lowest BCUT2D eigenvalue weighted by Gasteiger charge is -2.24. The minimum Gasteiger partial charge on any atom is -0.409 e. The van der Waals surface area contributed by atoms with Gasteiger partial charge >= 0.3 is 0 Å². The SMILES string of the molecule is CC(C)(C)c1nnsc1C(=O)N1CCCC1C(N)=NO. The zero-order valence-corrected chi connectivity index (χ0v) is 12.6. The lowest BCUT2D eigenvalue weighted by Crippen LogP contribution is -2.44. The van der Waals surface area contributed by atoms with Crippen LogP contribution in [0.3, 0.4) is 0 Å². The first-order valence-corrected chi connectivity index (χ1v) is 7.25. The first-order chi connectivity index (χ1) is 9.36. The standard InChI is InChI=1S/C12H19N5O2S/c1-12(2,3)9-8(20-16-14-9)11(18)17-6-4-5-7(17)10(13)15-19/h7,19H,4-6H2,1-3H3,(H2,13,15). The van der Waals surface area contributed by atoms with Crippen molar-refractivity contribution >= 4 is 23.3 Å². The fraction of sp³-hybridized carbons (Fsp3) is 0.667. The van der Waals surface area contributed by atoms with E-state index in [1.165, 1.54) is 0 Å². The van der Waals surface area contributed by atoms with Crippen molar-refractivity contribution in [2.45, 2.75) is 45.1 Å². The van der Waals surface area contributed by atoms with Crippen molar-refractivity contribution in [2.75, 3.05) is 6.54 Å². The van der Waals surface area contributed by atoms with Gasteiger partial charge < -0.3 is 15.8 Å². The smallest absolute Gasteiger partial charge is 0.268 e. The van der Waals surface area contributed by atoms with Gasteiger partial charge in [0.1, 0.15) is 4.88 Å². The summed E-state index contributed by atoms with van der Waals surface area (Å²) >= 11 is 1.10. The normalized spacial score (nSPS) is 20.4. The second kappa shape index (κ2) is 5.35. The number of amides is 1. The molecule has 1 aromatic rings. The zero-order chi connectivity index (χ0) is 14.9. The van der Waals surface area contributed by atoms with Gasteiger partial charge in [0.05, 0.1) is 11.7 Å². The lowest BCUT2D eigenvalue weighted by atomic mass is 9.91. The lowest BCUT2D eigenvalue weighted by molar-refractivity contribution is 0.0770. The summed E-state index contributed by atoms with van der Waals surface area (Å²) in [5.41, 5.74) is 6.11. The average molecular weight is 297 g/mol. The Morgan fingerprint density at radius 2 is 2.25 bits per heavy atom. The maximum absolute atomic E-state index is 12.7. The minimum atomic E-state index is -0.345. The molecule has 1 aromatic heterocycles. The molecule has 0 radical (unpaired) electrons. The number of rotatable bonds is 2. The Balaban J connectivity index is 2.30. The van der Waals surface area contributed by atoms with E-state index in [4.69, 9.17) is 10.9 Å². The average Bonchev–Trinajstić information content (AvgIpc) is 3.04. The maximum atomic E-state index is 12.7. The Kier molecular flexibility index (Phi) is 3.94. The maximum Gasteiger partial charge on any atom is 0.268 e. The number of hydrogen-bond donors (Lipinski definition) is 2. The van der Waals surface area contributed by atoms with Gasteiger partial charge in [-0.1, -0.05) is 30.4 Å². The molecule has 1 saturated heterocycles.